The number of para-hydroxylation sites is 1. The van der Waals surface area contributed by atoms with Gasteiger partial charge in [-0.05, 0) is 49.9 Å². The quantitative estimate of drug-likeness (QED) is 0.674. The van der Waals surface area contributed by atoms with E-state index in [1.165, 1.54) is 4.88 Å². The van der Waals surface area contributed by atoms with Crippen molar-refractivity contribution in [1.29, 1.82) is 0 Å². The molecule has 3 heterocycles. The van der Waals surface area contributed by atoms with E-state index in [0.29, 0.717) is 24.7 Å². The van der Waals surface area contributed by atoms with Gasteiger partial charge in [0.25, 0.3) is 5.56 Å². The molecule has 1 aliphatic heterocycles. The maximum Gasteiger partial charge on any atom is 0.295 e. The average molecular weight is 411 g/mol. The number of amides is 1. The zero-order chi connectivity index (χ0) is 20.4. The van der Waals surface area contributed by atoms with Crippen LogP contribution >= 0.6 is 11.3 Å². The Hall–Kier alpha value is -2.64. The maximum atomic E-state index is 12.9. The smallest absolute Gasteiger partial charge is 0.295 e. The topological polar surface area (TPSA) is 59.3 Å². The van der Waals surface area contributed by atoms with Crippen molar-refractivity contribution in [3.05, 3.63) is 68.8 Å². The van der Waals surface area contributed by atoms with E-state index < -0.39 is 0 Å². The summed E-state index contributed by atoms with van der Waals surface area (Å²) in [5.41, 5.74) is 1.67. The van der Waals surface area contributed by atoms with Gasteiger partial charge in [-0.25, -0.2) is 4.68 Å². The largest absolute Gasteiger partial charge is 0.320 e. The first-order valence-corrected chi connectivity index (χ1v) is 10.9. The van der Waals surface area contributed by atoms with Crippen molar-refractivity contribution >= 4 is 22.9 Å². The Balaban J connectivity index is 1.45. The lowest BCUT2D eigenvalue weighted by Gasteiger charge is -2.23. The van der Waals surface area contributed by atoms with E-state index in [1.807, 2.05) is 44.3 Å². The SMILES string of the molecule is Cc1c(NC(=O)CCN2CCC[C@H]2c2cccs2)c(=O)n(-c2ccccc2)n1C. The highest BCUT2D eigenvalue weighted by atomic mass is 32.1. The van der Waals surface area contributed by atoms with Crippen LogP contribution in [0.1, 0.15) is 35.9 Å². The summed E-state index contributed by atoms with van der Waals surface area (Å²) in [4.78, 5) is 29.3. The fourth-order valence-electron chi connectivity index (χ4n) is 4.06. The van der Waals surface area contributed by atoms with Crippen molar-refractivity contribution in [3.63, 3.8) is 0 Å². The Morgan fingerprint density at radius 2 is 2.00 bits per heavy atom. The lowest BCUT2D eigenvalue weighted by molar-refractivity contribution is -0.116. The van der Waals surface area contributed by atoms with Crippen LogP contribution in [-0.4, -0.2) is 33.3 Å². The molecular weight excluding hydrogens is 384 g/mol. The summed E-state index contributed by atoms with van der Waals surface area (Å²) >= 11 is 1.78. The maximum absolute atomic E-state index is 12.9. The van der Waals surface area contributed by atoms with Crippen LogP contribution in [0.2, 0.25) is 0 Å². The predicted octanol–water partition coefficient (Wildman–Crippen LogP) is 3.71. The van der Waals surface area contributed by atoms with E-state index >= 15 is 0 Å². The van der Waals surface area contributed by atoms with Gasteiger partial charge in [-0.2, -0.15) is 0 Å². The first kappa shape index (κ1) is 19.7. The molecule has 3 aromatic rings. The van der Waals surface area contributed by atoms with Crippen molar-refractivity contribution in [2.75, 3.05) is 18.4 Å². The number of thiophene rings is 1. The minimum atomic E-state index is -0.206. The van der Waals surface area contributed by atoms with Gasteiger partial charge in [-0.3, -0.25) is 19.2 Å². The second kappa shape index (κ2) is 8.39. The molecule has 0 radical (unpaired) electrons. The van der Waals surface area contributed by atoms with Gasteiger partial charge in [0.1, 0.15) is 5.69 Å². The van der Waals surface area contributed by atoms with Crippen LogP contribution in [0.3, 0.4) is 0 Å². The van der Waals surface area contributed by atoms with Gasteiger partial charge in [0.15, 0.2) is 0 Å². The number of nitrogens with zero attached hydrogens (tertiary/aromatic N) is 3. The number of hydrogen-bond acceptors (Lipinski definition) is 4. The van der Waals surface area contributed by atoms with E-state index in [2.05, 4.69) is 27.7 Å². The minimum Gasteiger partial charge on any atom is -0.320 e. The third kappa shape index (κ3) is 3.93. The van der Waals surface area contributed by atoms with Crippen LogP contribution in [0.5, 0.6) is 0 Å². The lowest BCUT2D eigenvalue weighted by atomic mass is 10.2. The summed E-state index contributed by atoms with van der Waals surface area (Å²) in [5.74, 6) is -0.118. The number of likely N-dealkylation sites (tertiary alicyclic amines) is 1. The molecule has 0 saturated carbocycles. The minimum absolute atomic E-state index is 0.118. The van der Waals surface area contributed by atoms with Crippen LogP contribution in [0.4, 0.5) is 5.69 Å². The average Bonchev–Trinajstić information content (AvgIpc) is 3.45. The van der Waals surface area contributed by atoms with E-state index in [4.69, 9.17) is 0 Å². The van der Waals surface area contributed by atoms with E-state index in [0.717, 1.165) is 30.8 Å². The molecular formula is C22H26N4O2S. The van der Waals surface area contributed by atoms with E-state index in [-0.39, 0.29) is 11.5 Å². The fraction of sp³-hybridized carbons (Fsp3) is 0.364. The third-order valence-corrected chi connectivity index (χ3v) is 6.65. The van der Waals surface area contributed by atoms with Crippen molar-refractivity contribution in [2.45, 2.75) is 32.2 Å². The first-order chi connectivity index (χ1) is 14.1. The standard InChI is InChI=1S/C22H26N4O2S/c1-16-21(22(28)26(24(16)2)17-8-4-3-5-9-17)23-20(27)12-14-25-13-6-10-18(25)19-11-7-15-29-19/h3-5,7-9,11,15,18H,6,10,12-14H2,1-2H3,(H,23,27)/t18-/m0/s1. The molecule has 152 valence electrons. The zero-order valence-corrected chi connectivity index (χ0v) is 17.6. The molecule has 4 rings (SSSR count). The van der Waals surface area contributed by atoms with Crippen molar-refractivity contribution in [2.24, 2.45) is 7.05 Å². The second-order valence-electron chi connectivity index (χ2n) is 7.44. The van der Waals surface area contributed by atoms with Crippen molar-refractivity contribution < 1.29 is 4.79 Å². The monoisotopic (exact) mass is 410 g/mol. The molecule has 0 unspecified atom stereocenters. The summed E-state index contributed by atoms with van der Waals surface area (Å²) < 4.78 is 3.36. The summed E-state index contributed by atoms with van der Waals surface area (Å²) in [5, 5.41) is 4.97. The zero-order valence-electron chi connectivity index (χ0n) is 16.8. The Bertz CT molecular complexity index is 1040. The molecule has 1 aliphatic rings. The number of carbonyl (C=O) groups is 1. The van der Waals surface area contributed by atoms with Crippen LogP contribution in [-0.2, 0) is 11.8 Å². The molecule has 2 aromatic heterocycles. The van der Waals surface area contributed by atoms with Crippen molar-refractivity contribution in [1.82, 2.24) is 14.3 Å². The number of rotatable bonds is 6. The van der Waals surface area contributed by atoms with Crippen LogP contribution in [0.25, 0.3) is 5.69 Å². The van der Waals surface area contributed by atoms with Gasteiger partial charge in [0, 0.05) is 30.9 Å². The molecule has 1 atom stereocenters. The highest BCUT2D eigenvalue weighted by Crippen LogP contribution is 2.34. The molecule has 0 spiro atoms. The number of carbonyl (C=O) groups excluding carboxylic acids is 1. The molecule has 1 amide bonds. The number of benzene rings is 1. The molecule has 6 nitrogen and oxygen atoms in total. The number of aromatic nitrogens is 2. The van der Waals surface area contributed by atoms with Crippen LogP contribution in [0.15, 0.2) is 52.6 Å². The van der Waals surface area contributed by atoms with Gasteiger partial charge in [0.05, 0.1) is 11.4 Å². The lowest BCUT2D eigenvalue weighted by Crippen LogP contribution is -2.28. The summed E-state index contributed by atoms with van der Waals surface area (Å²) in [6, 6.07) is 14.1. The highest BCUT2D eigenvalue weighted by molar-refractivity contribution is 7.10. The normalized spacial score (nSPS) is 17.0. The van der Waals surface area contributed by atoms with Crippen molar-refractivity contribution in [3.8, 4) is 5.69 Å². The second-order valence-corrected chi connectivity index (χ2v) is 8.42. The van der Waals surface area contributed by atoms with Gasteiger partial charge in [-0.1, -0.05) is 24.3 Å². The van der Waals surface area contributed by atoms with Crippen LogP contribution < -0.4 is 10.9 Å². The Labute approximate surface area is 174 Å². The number of anilines is 1. The summed E-state index contributed by atoms with van der Waals surface area (Å²) in [7, 11) is 1.83. The summed E-state index contributed by atoms with van der Waals surface area (Å²) in [6.45, 7) is 3.57. The molecule has 0 aliphatic carbocycles. The van der Waals surface area contributed by atoms with Crippen LogP contribution in [0, 0.1) is 6.92 Å². The van der Waals surface area contributed by atoms with Gasteiger partial charge in [0.2, 0.25) is 5.91 Å². The van der Waals surface area contributed by atoms with E-state index in [9.17, 15) is 9.59 Å². The molecule has 1 saturated heterocycles. The Morgan fingerprint density at radius 3 is 2.72 bits per heavy atom. The fourth-order valence-corrected chi connectivity index (χ4v) is 4.95. The molecule has 1 N–H and O–H groups in total. The molecule has 7 heteroatoms. The van der Waals surface area contributed by atoms with E-state index in [1.54, 1.807) is 20.7 Å². The number of hydrogen-bond donors (Lipinski definition) is 1. The molecule has 0 bridgehead atoms. The van der Waals surface area contributed by atoms with Gasteiger partial charge < -0.3 is 5.32 Å². The Morgan fingerprint density at radius 1 is 1.21 bits per heavy atom. The molecule has 29 heavy (non-hydrogen) atoms. The summed E-state index contributed by atoms with van der Waals surface area (Å²) in [6.07, 6.45) is 2.67. The Kier molecular flexibility index (Phi) is 5.69. The number of nitrogens with one attached hydrogen (secondary N) is 1. The predicted molar refractivity (Wildman–Crippen MR) is 117 cm³/mol. The third-order valence-electron chi connectivity index (χ3n) is 5.68. The van der Waals surface area contributed by atoms with Gasteiger partial charge in [-0.15, -0.1) is 11.3 Å². The first-order valence-electron chi connectivity index (χ1n) is 9.97. The highest BCUT2D eigenvalue weighted by Gasteiger charge is 2.27. The molecule has 1 fully saturated rings. The molecule has 1 aromatic carbocycles. The van der Waals surface area contributed by atoms with Gasteiger partial charge >= 0.3 is 0 Å².